The lowest BCUT2D eigenvalue weighted by atomic mass is 10.1. The number of thiazole rings is 1. The first-order chi connectivity index (χ1) is 9.88. The van der Waals surface area contributed by atoms with Crippen molar-refractivity contribution >= 4 is 17.1 Å². The van der Waals surface area contributed by atoms with Gasteiger partial charge in [0.15, 0.2) is 5.01 Å². The molecule has 112 valence electrons. The van der Waals surface area contributed by atoms with Gasteiger partial charge in [0, 0.05) is 6.20 Å². The summed E-state index contributed by atoms with van der Waals surface area (Å²) in [6, 6.07) is 4.67. The van der Waals surface area contributed by atoms with Crippen LogP contribution in [0.1, 0.15) is 20.2 Å². The molecule has 1 aromatic heterocycles. The number of carbonyl (C=O) groups is 1. The van der Waals surface area contributed by atoms with Gasteiger partial charge in [0.05, 0.1) is 19.1 Å². The van der Waals surface area contributed by atoms with Gasteiger partial charge in [-0.2, -0.15) is 13.2 Å². The molecule has 2 aromatic rings. The van der Waals surface area contributed by atoms with Gasteiger partial charge in [0.25, 0.3) is 0 Å². The number of hydrogen-bond donors (Lipinski definition) is 0. The van der Waals surface area contributed by atoms with Gasteiger partial charge in [-0.1, -0.05) is 6.07 Å². The Morgan fingerprint density at radius 2 is 1.76 bits per heavy atom. The van der Waals surface area contributed by atoms with E-state index in [0.29, 0.717) is 0 Å². The lowest BCUT2D eigenvalue weighted by Crippen LogP contribution is -2.05. The van der Waals surface area contributed by atoms with Crippen molar-refractivity contribution in [2.45, 2.75) is 6.18 Å². The van der Waals surface area contributed by atoms with Gasteiger partial charge >= 0.3 is 6.18 Å². The van der Waals surface area contributed by atoms with Crippen LogP contribution in [0.4, 0.5) is 13.2 Å². The quantitative estimate of drug-likeness (QED) is 0.811. The molecule has 8 heteroatoms. The molecule has 0 saturated carbocycles. The summed E-state index contributed by atoms with van der Waals surface area (Å²) in [6.45, 7) is 0. The average molecular weight is 317 g/mol. The molecule has 1 aromatic carbocycles. The number of alkyl halides is 3. The Morgan fingerprint density at radius 3 is 2.19 bits per heavy atom. The van der Waals surface area contributed by atoms with Gasteiger partial charge in [-0.3, -0.25) is 4.79 Å². The second-order valence-electron chi connectivity index (χ2n) is 3.89. The van der Waals surface area contributed by atoms with Crippen LogP contribution >= 0.6 is 11.3 Å². The average Bonchev–Trinajstić information content (AvgIpc) is 2.95. The van der Waals surface area contributed by atoms with Crippen molar-refractivity contribution in [2.75, 3.05) is 14.2 Å². The number of hydrogen-bond acceptors (Lipinski definition) is 5. The molecule has 0 radical (unpaired) electrons. The zero-order valence-corrected chi connectivity index (χ0v) is 11.8. The summed E-state index contributed by atoms with van der Waals surface area (Å²) >= 11 is 0.284. The predicted molar refractivity (Wildman–Crippen MR) is 70.1 cm³/mol. The number of methoxy groups -OCH3 is 2. The number of ether oxygens (including phenoxy) is 2. The fraction of sp³-hybridized carbons (Fsp3) is 0.231. The van der Waals surface area contributed by atoms with E-state index in [1.807, 2.05) is 0 Å². The molecule has 0 atom stereocenters. The Hall–Kier alpha value is -2.09. The van der Waals surface area contributed by atoms with Gasteiger partial charge in [0.1, 0.15) is 17.1 Å². The van der Waals surface area contributed by atoms with Crippen LogP contribution in [0.2, 0.25) is 0 Å². The first-order valence-corrected chi connectivity index (χ1v) is 6.49. The number of benzene rings is 1. The summed E-state index contributed by atoms with van der Waals surface area (Å²) in [5, 5.41) is -1.07. The van der Waals surface area contributed by atoms with E-state index in [-0.39, 0.29) is 33.3 Å². The third-order valence-corrected chi connectivity index (χ3v) is 3.67. The Kier molecular flexibility index (Phi) is 4.17. The van der Waals surface area contributed by atoms with Gasteiger partial charge in [0.2, 0.25) is 5.78 Å². The number of nitrogens with zero attached hydrogens (tertiary/aromatic N) is 1. The molecule has 0 aliphatic carbocycles. The fourth-order valence-corrected chi connectivity index (χ4v) is 2.44. The van der Waals surface area contributed by atoms with Crippen molar-refractivity contribution in [3.63, 3.8) is 0 Å². The van der Waals surface area contributed by atoms with Crippen LogP contribution in [0.3, 0.4) is 0 Å². The minimum Gasteiger partial charge on any atom is -0.496 e. The van der Waals surface area contributed by atoms with E-state index in [2.05, 4.69) is 4.98 Å². The van der Waals surface area contributed by atoms with Gasteiger partial charge in [-0.05, 0) is 12.1 Å². The lowest BCUT2D eigenvalue weighted by Gasteiger charge is -2.10. The predicted octanol–water partition coefficient (Wildman–Crippen LogP) is 3.41. The van der Waals surface area contributed by atoms with Crippen LogP contribution in [0.15, 0.2) is 24.4 Å². The normalized spacial score (nSPS) is 11.3. The van der Waals surface area contributed by atoms with Crippen molar-refractivity contribution in [3.8, 4) is 11.5 Å². The minimum absolute atomic E-state index is 0.0693. The first-order valence-electron chi connectivity index (χ1n) is 5.67. The standard InChI is InChI=1S/C13H10F3NO3S/c1-19-7-4-3-5-8(20-2)10(7)11(18)9-6-17-12(21-9)13(14,15)16/h3-6H,1-2H3. The van der Waals surface area contributed by atoms with Crippen LogP contribution in [0.5, 0.6) is 11.5 Å². The maximum Gasteiger partial charge on any atom is 0.443 e. The van der Waals surface area contributed by atoms with Gasteiger partial charge < -0.3 is 9.47 Å². The Balaban J connectivity index is 2.47. The van der Waals surface area contributed by atoms with E-state index in [0.717, 1.165) is 6.20 Å². The van der Waals surface area contributed by atoms with Crippen molar-refractivity contribution in [1.29, 1.82) is 0 Å². The summed E-state index contributed by atoms with van der Waals surface area (Å²) in [6.07, 6.45) is -3.67. The smallest absolute Gasteiger partial charge is 0.443 e. The molecule has 0 aliphatic heterocycles. The van der Waals surface area contributed by atoms with Crippen molar-refractivity contribution < 1.29 is 27.4 Å². The van der Waals surface area contributed by atoms with Gasteiger partial charge in [-0.25, -0.2) is 4.98 Å². The molecule has 0 saturated heterocycles. The fourth-order valence-electron chi connectivity index (χ4n) is 1.71. The van der Waals surface area contributed by atoms with Crippen LogP contribution < -0.4 is 9.47 Å². The summed E-state index contributed by atoms with van der Waals surface area (Å²) in [5.74, 6) is -0.181. The van der Waals surface area contributed by atoms with Crippen molar-refractivity contribution in [3.05, 3.63) is 39.8 Å². The topological polar surface area (TPSA) is 48.4 Å². The molecule has 0 bridgehead atoms. The van der Waals surface area contributed by atoms with Crippen molar-refractivity contribution in [1.82, 2.24) is 4.98 Å². The van der Waals surface area contributed by atoms with E-state index >= 15 is 0 Å². The number of rotatable bonds is 4. The highest BCUT2D eigenvalue weighted by molar-refractivity contribution is 7.14. The van der Waals surface area contributed by atoms with Crippen LogP contribution in [0.25, 0.3) is 0 Å². The Bertz CT molecular complexity index is 645. The number of carbonyl (C=O) groups excluding carboxylic acids is 1. The van der Waals surface area contributed by atoms with Crippen LogP contribution in [0, 0.1) is 0 Å². The SMILES string of the molecule is COc1cccc(OC)c1C(=O)c1cnc(C(F)(F)F)s1. The third-order valence-electron chi connectivity index (χ3n) is 2.63. The molecule has 1 heterocycles. The molecular weight excluding hydrogens is 307 g/mol. The molecule has 2 rings (SSSR count). The lowest BCUT2D eigenvalue weighted by molar-refractivity contribution is -0.137. The molecule has 0 unspecified atom stereocenters. The molecule has 0 amide bonds. The first kappa shape index (κ1) is 15.3. The largest absolute Gasteiger partial charge is 0.496 e. The van der Waals surface area contributed by atoms with E-state index in [4.69, 9.17) is 9.47 Å². The zero-order chi connectivity index (χ0) is 15.6. The maximum atomic E-state index is 12.5. The zero-order valence-electron chi connectivity index (χ0n) is 11.0. The van der Waals surface area contributed by atoms with Crippen molar-refractivity contribution in [2.24, 2.45) is 0 Å². The highest BCUT2D eigenvalue weighted by atomic mass is 32.1. The Labute approximate surface area is 122 Å². The maximum absolute atomic E-state index is 12.5. The van der Waals surface area contributed by atoms with Crippen LogP contribution in [-0.2, 0) is 6.18 Å². The van der Waals surface area contributed by atoms with Gasteiger partial charge in [-0.15, -0.1) is 11.3 Å². The summed E-state index contributed by atoms with van der Waals surface area (Å²) in [4.78, 5) is 15.5. The monoisotopic (exact) mass is 317 g/mol. The molecule has 0 spiro atoms. The molecule has 0 aliphatic rings. The Morgan fingerprint density at radius 1 is 1.19 bits per heavy atom. The molecule has 0 fully saturated rings. The summed E-state index contributed by atoms with van der Waals surface area (Å²) in [7, 11) is 2.72. The second kappa shape index (κ2) is 5.72. The highest BCUT2D eigenvalue weighted by Crippen LogP contribution is 2.36. The molecule has 4 nitrogen and oxygen atoms in total. The third kappa shape index (κ3) is 2.99. The van der Waals surface area contributed by atoms with E-state index < -0.39 is 17.0 Å². The number of ketones is 1. The minimum atomic E-state index is -4.58. The molecular formula is C13H10F3NO3S. The molecule has 21 heavy (non-hydrogen) atoms. The van der Waals surface area contributed by atoms with E-state index in [1.54, 1.807) is 6.07 Å². The number of halogens is 3. The van der Waals surface area contributed by atoms with E-state index in [9.17, 15) is 18.0 Å². The van der Waals surface area contributed by atoms with Crippen LogP contribution in [-0.4, -0.2) is 25.0 Å². The van der Waals surface area contributed by atoms with E-state index in [1.165, 1.54) is 26.4 Å². The summed E-state index contributed by atoms with van der Waals surface area (Å²) in [5.41, 5.74) is 0.0693. The molecule has 0 N–H and O–H groups in total. The highest BCUT2D eigenvalue weighted by Gasteiger charge is 2.35. The summed E-state index contributed by atoms with van der Waals surface area (Å²) < 4.78 is 47.8. The second-order valence-corrected chi connectivity index (χ2v) is 4.92. The number of aromatic nitrogens is 1.